The van der Waals surface area contributed by atoms with Gasteiger partial charge in [-0.2, -0.15) is 0 Å². The molecule has 0 saturated carbocycles. The van der Waals surface area contributed by atoms with Crippen LogP contribution in [0, 0.1) is 5.92 Å². The number of hydrogen-bond acceptors (Lipinski definition) is 4. The van der Waals surface area contributed by atoms with Crippen LogP contribution in [-0.2, 0) is 17.8 Å². The molecule has 0 atom stereocenters. The second kappa shape index (κ2) is 9.22. The molecule has 1 N–H and O–H groups in total. The summed E-state index contributed by atoms with van der Waals surface area (Å²) in [5.41, 5.74) is 1.91. The Hall–Kier alpha value is -2.99. The smallest absolute Gasteiger partial charge is 0.258 e. The summed E-state index contributed by atoms with van der Waals surface area (Å²) in [6, 6.07) is 17.9. The van der Waals surface area contributed by atoms with Crippen molar-refractivity contribution in [2.24, 2.45) is 5.92 Å². The molecule has 1 amide bonds. The molecule has 1 aliphatic rings. The lowest BCUT2D eigenvalue weighted by atomic mass is 9.90. The first-order chi connectivity index (χ1) is 14.6. The molecule has 2 aromatic carbocycles. The van der Waals surface area contributed by atoms with E-state index in [9.17, 15) is 9.59 Å². The van der Waals surface area contributed by atoms with Crippen molar-refractivity contribution < 1.29 is 4.79 Å². The number of likely N-dealkylation sites (N-methyl/N-ethyl adjacent to an activating group) is 1. The van der Waals surface area contributed by atoms with Crippen molar-refractivity contribution in [1.82, 2.24) is 19.8 Å². The zero-order chi connectivity index (χ0) is 20.9. The summed E-state index contributed by atoms with van der Waals surface area (Å²) in [6.07, 6.45) is 3.18. The number of aromatic amines is 1. The number of carbonyl (C=O) groups excluding carboxylic acids is 1. The van der Waals surface area contributed by atoms with Crippen molar-refractivity contribution in [2.75, 3.05) is 26.7 Å². The van der Waals surface area contributed by atoms with Crippen LogP contribution in [0.4, 0.5) is 0 Å². The number of benzene rings is 2. The second-order valence-electron chi connectivity index (χ2n) is 8.22. The van der Waals surface area contributed by atoms with Gasteiger partial charge in [-0.1, -0.05) is 42.5 Å². The van der Waals surface area contributed by atoms with Crippen LogP contribution >= 0.6 is 0 Å². The molecule has 6 heteroatoms. The average molecular weight is 405 g/mol. The van der Waals surface area contributed by atoms with Crippen LogP contribution in [0.1, 0.15) is 24.2 Å². The van der Waals surface area contributed by atoms with Crippen LogP contribution in [0.5, 0.6) is 0 Å². The first-order valence-electron chi connectivity index (χ1n) is 10.6. The topological polar surface area (TPSA) is 69.3 Å². The lowest BCUT2D eigenvalue weighted by Gasteiger charge is -2.33. The van der Waals surface area contributed by atoms with Gasteiger partial charge in [0.05, 0.1) is 24.0 Å². The number of para-hydroxylation sites is 1. The average Bonchev–Trinajstić information content (AvgIpc) is 2.75. The standard InChI is InChI=1S/C24H28N4O2/c1-27(16-22-25-21-10-6-5-9-20(21)24(30)26-22)17-23(29)28-13-11-19(12-14-28)15-18-7-3-2-4-8-18/h2-10,19H,11-17H2,1H3,(H,25,26,30). The summed E-state index contributed by atoms with van der Waals surface area (Å²) in [5, 5.41) is 0.582. The van der Waals surface area contributed by atoms with E-state index in [1.807, 2.05) is 41.1 Å². The maximum Gasteiger partial charge on any atom is 0.258 e. The highest BCUT2D eigenvalue weighted by molar-refractivity contribution is 5.78. The van der Waals surface area contributed by atoms with E-state index in [1.165, 1.54) is 5.56 Å². The minimum Gasteiger partial charge on any atom is -0.342 e. The molecule has 1 fully saturated rings. The monoisotopic (exact) mass is 404 g/mol. The first kappa shape index (κ1) is 20.3. The fourth-order valence-corrected chi connectivity index (χ4v) is 4.19. The highest BCUT2D eigenvalue weighted by Gasteiger charge is 2.23. The van der Waals surface area contributed by atoms with Crippen LogP contribution in [0.25, 0.3) is 10.9 Å². The van der Waals surface area contributed by atoms with Gasteiger partial charge in [-0.05, 0) is 49.9 Å². The fraction of sp³-hybridized carbons (Fsp3) is 0.375. The van der Waals surface area contributed by atoms with Gasteiger partial charge in [-0.15, -0.1) is 0 Å². The Bertz CT molecular complexity index is 1060. The molecule has 2 heterocycles. The number of carbonyl (C=O) groups is 1. The third-order valence-electron chi connectivity index (χ3n) is 5.82. The Labute approximate surface area is 176 Å². The summed E-state index contributed by atoms with van der Waals surface area (Å²) in [4.78, 5) is 36.2. The largest absolute Gasteiger partial charge is 0.342 e. The van der Waals surface area contributed by atoms with Crippen molar-refractivity contribution in [3.63, 3.8) is 0 Å². The molecule has 1 aromatic heterocycles. The van der Waals surface area contributed by atoms with Crippen molar-refractivity contribution in [3.8, 4) is 0 Å². The van der Waals surface area contributed by atoms with Crippen LogP contribution in [0.2, 0.25) is 0 Å². The SMILES string of the molecule is CN(CC(=O)N1CCC(Cc2ccccc2)CC1)Cc1nc2ccccc2c(=O)[nH]1. The summed E-state index contributed by atoms with van der Waals surface area (Å²) < 4.78 is 0. The zero-order valence-electron chi connectivity index (χ0n) is 17.4. The molecule has 0 aliphatic carbocycles. The molecular formula is C24H28N4O2. The lowest BCUT2D eigenvalue weighted by Crippen LogP contribution is -2.43. The van der Waals surface area contributed by atoms with Gasteiger partial charge in [0.15, 0.2) is 0 Å². The van der Waals surface area contributed by atoms with Gasteiger partial charge >= 0.3 is 0 Å². The number of rotatable bonds is 6. The molecular weight excluding hydrogens is 376 g/mol. The van der Waals surface area contributed by atoms with Crippen molar-refractivity contribution in [1.29, 1.82) is 0 Å². The Morgan fingerprint density at radius 2 is 1.80 bits per heavy atom. The first-order valence-corrected chi connectivity index (χ1v) is 10.6. The molecule has 0 unspecified atom stereocenters. The highest BCUT2D eigenvalue weighted by atomic mass is 16.2. The minimum absolute atomic E-state index is 0.138. The quantitative estimate of drug-likeness (QED) is 0.686. The third-order valence-corrected chi connectivity index (χ3v) is 5.82. The Morgan fingerprint density at radius 1 is 1.10 bits per heavy atom. The van der Waals surface area contributed by atoms with E-state index in [-0.39, 0.29) is 11.5 Å². The van der Waals surface area contributed by atoms with Gasteiger partial charge in [0, 0.05) is 13.1 Å². The fourth-order valence-electron chi connectivity index (χ4n) is 4.19. The van der Waals surface area contributed by atoms with Crippen LogP contribution in [0.15, 0.2) is 59.4 Å². The molecule has 3 aromatic rings. The number of nitrogens with one attached hydrogen (secondary N) is 1. The van der Waals surface area contributed by atoms with Crippen molar-refractivity contribution >= 4 is 16.8 Å². The van der Waals surface area contributed by atoms with Gasteiger partial charge in [-0.25, -0.2) is 4.98 Å². The van der Waals surface area contributed by atoms with E-state index in [1.54, 1.807) is 6.07 Å². The van der Waals surface area contributed by atoms with Crippen LogP contribution < -0.4 is 5.56 Å². The molecule has 0 radical (unpaired) electrons. The van der Waals surface area contributed by atoms with Crippen LogP contribution in [0.3, 0.4) is 0 Å². The van der Waals surface area contributed by atoms with E-state index in [0.717, 1.165) is 32.4 Å². The van der Waals surface area contributed by atoms with Crippen molar-refractivity contribution in [2.45, 2.75) is 25.8 Å². The summed E-state index contributed by atoms with van der Waals surface area (Å²) in [6.45, 7) is 2.38. The summed E-state index contributed by atoms with van der Waals surface area (Å²) in [7, 11) is 1.88. The van der Waals surface area contributed by atoms with Gasteiger partial charge in [0.2, 0.25) is 5.91 Å². The molecule has 0 spiro atoms. The Kier molecular flexibility index (Phi) is 6.23. The Balaban J connectivity index is 1.28. The van der Waals surface area contributed by atoms with Gasteiger partial charge < -0.3 is 9.88 Å². The molecule has 1 aliphatic heterocycles. The van der Waals surface area contributed by atoms with E-state index >= 15 is 0 Å². The van der Waals surface area contributed by atoms with Gasteiger partial charge in [-0.3, -0.25) is 14.5 Å². The van der Waals surface area contributed by atoms with Gasteiger partial charge in [0.25, 0.3) is 5.56 Å². The number of hydrogen-bond donors (Lipinski definition) is 1. The van der Waals surface area contributed by atoms with E-state index in [0.29, 0.717) is 35.7 Å². The maximum atomic E-state index is 12.7. The van der Waals surface area contributed by atoms with E-state index in [4.69, 9.17) is 0 Å². The summed E-state index contributed by atoms with van der Waals surface area (Å²) >= 11 is 0. The molecule has 30 heavy (non-hydrogen) atoms. The lowest BCUT2D eigenvalue weighted by molar-refractivity contribution is -0.133. The number of amides is 1. The number of piperidine rings is 1. The van der Waals surface area contributed by atoms with E-state index < -0.39 is 0 Å². The number of fused-ring (bicyclic) bond motifs is 1. The molecule has 4 rings (SSSR count). The predicted octanol–water partition coefficient (Wildman–Crippen LogP) is 2.84. The van der Waals surface area contributed by atoms with Gasteiger partial charge in [0.1, 0.15) is 5.82 Å². The molecule has 0 bridgehead atoms. The third kappa shape index (κ3) is 4.94. The second-order valence-corrected chi connectivity index (χ2v) is 8.22. The number of aromatic nitrogens is 2. The van der Waals surface area contributed by atoms with Crippen LogP contribution in [-0.4, -0.2) is 52.4 Å². The normalized spacial score (nSPS) is 15.1. The highest BCUT2D eigenvalue weighted by Crippen LogP contribution is 2.21. The Morgan fingerprint density at radius 3 is 2.57 bits per heavy atom. The number of H-pyrrole nitrogens is 1. The predicted molar refractivity (Wildman–Crippen MR) is 118 cm³/mol. The number of nitrogens with zero attached hydrogens (tertiary/aromatic N) is 3. The van der Waals surface area contributed by atoms with E-state index in [2.05, 4.69) is 34.2 Å². The molecule has 6 nitrogen and oxygen atoms in total. The van der Waals surface area contributed by atoms with Crippen molar-refractivity contribution in [3.05, 3.63) is 76.3 Å². The molecule has 1 saturated heterocycles. The molecule has 156 valence electrons. The number of likely N-dealkylation sites (tertiary alicyclic amines) is 1. The zero-order valence-corrected chi connectivity index (χ0v) is 17.4. The minimum atomic E-state index is -0.143. The maximum absolute atomic E-state index is 12.7. The summed E-state index contributed by atoms with van der Waals surface area (Å²) in [5.74, 6) is 1.36.